The van der Waals surface area contributed by atoms with Crippen LogP contribution < -0.4 is 16.0 Å². The van der Waals surface area contributed by atoms with Crippen LogP contribution in [0.1, 0.15) is 18.5 Å². The molecule has 1 saturated heterocycles. The molecule has 3 N–H and O–H groups in total. The summed E-state index contributed by atoms with van der Waals surface area (Å²) in [5.74, 6) is -0.709. The van der Waals surface area contributed by atoms with Gasteiger partial charge in [-0.25, -0.2) is 4.79 Å². The van der Waals surface area contributed by atoms with Crippen molar-refractivity contribution < 1.29 is 14.4 Å². The van der Waals surface area contributed by atoms with Gasteiger partial charge in [0.05, 0.1) is 17.8 Å². The third-order valence-electron chi connectivity index (χ3n) is 3.63. The van der Waals surface area contributed by atoms with Crippen LogP contribution in [0.25, 0.3) is 10.9 Å². The molecule has 0 saturated carbocycles. The minimum Gasteiger partial charge on any atom is -0.349 e. The third-order valence-corrected chi connectivity index (χ3v) is 3.63. The number of urea groups is 1. The van der Waals surface area contributed by atoms with Gasteiger partial charge >= 0.3 is 6.03 Å². The highest BCUT2D eigenvalue weighted by Crippen LogP contribution is 2.11. The molecule has 0 unspecified atom stereocenters. The molecule has 0 bridgehead atoms. The van der Waals surface area contributed by atoms with Gasteiger partial charge in [0, 0.05) is 11.8 Å². The van der Waals surface area contributed by atoms with E-state index < -0.39 is 12.1 Å². The van der Waals surface area contributed by atoms with Crippen LogP contribution in [0.5, 0.6) is 0 Å². The van der Waals surface area contributed by atoms with Crippen molar-refractivity contribution in [2.75, 3.05) is 0 Å². The van der Waals surface area contributed by atoms with Gasteiger partial charge < -0.3 is 10.6 Å². The summed E-state index contributed by atoms with van der Waals surface area (Å²) < 4.78 is 0. The number of rotatable bonds is 3. The fraction of sp³-hybridized carbons (Fsp3) is 0.250. The van der Waals surface area contributed by atoms with Crippen molar-refractivity contribution in [2.24, 2.45) is 0 Å². The molecule has 0 spiro atoms. The summed E-state index contributed by atoms with van der Waals surface area (Å²) in [4.78, 5) is 39.3. The molecule has 2 heterocycles. The van der Waals surface area contributed by atoms with E-state index in [2.05, 4.69) is 20.9 Å². The molecule has 4 amide bonds. The first-order chi connectivity index (χ1) is 11.1. The number of para-hydroxylation sites is 1. The van der Waals surface area contributed by atoms with Crippen molar-refractivity contribution in [1.82, 2.24) is 20.9 Å². The van der Waals surface area contributed by atoms with Crippen LogP contribution in [0.15, 0.2) is 36.4 Å². The molecule has 118 valence electrons. The summed E-state index contributed by atoms with van der Waals surface area (Å²) >= 11 is 0. The highest BCUT2D eigenvalue weighted by molar-refractivity contribution is 5.98. The van der Waals surface area contributed by atoms with Crippen molar-refractivity contribution in [3.8, 4) is 0 Å². The first kappa shape index (κ1) is 15.0. The number of carbonyl (C=O) groups is 3. The molecule has 0 aliphatic carbocycles. The standard InChI is InChI=1S/C16H16N4O3/c21-14-8-7-13(19-16(23)20-14)15(22)17-9-11-6-5-10-3-1-2-4-12(10)18-11/h1-6,13H,7-9H2,(H,17,22)(H2,19,20,21,23)/t13-/m1/s1. The van der Waals surface area contributed by atoms with Crippen LogP contribution in [0, 0.1) is 0 Å². The highest BCUT2D eigenvalue weighted by atomic mass is 16.2. The average molecular weight is 312 g/mol. The van der Waals surface area contributed by atoms with E-state index in [0.717, 1.165) is 16.6 Å². The highest BCUT2D eigenvalue weighted by Gasteiger charge is 2.25. The molecule has 2 aromatic rings. The zero-order chi connectivity index (χ0) is 16.2. The van der Waals surface area contributed by atoms with Crippen LogP contribution >= 0.6 is 0 Å². The predicted octanol–water partition coefficient (Wildman–Crippen LogP) is 0.839. The lowest BCUT2D eigenvalue weighted by molar-refractivity contribution is -0.123. The molecule has 1 fully saturated rings. The molecule has 1 atom stereocenters. The number of amides is 4. The van der Waals surface area contributed by atoms with Crippen LogP contribution in [0.4, 0.5) is 4.79 Å². The first-order valence-electron chi connectivity index (χ1n) is 7.34. The minimum absolute atomic E-state index is 0.130. The van der Waals surface area contributed by atoms with Gasteiger partial charge in [0.2, 0.25) is 11.8 Å². The minimum atomic E-state index is -0.720. The monoisotopic (exact) mass is 312 g/mol. The van der Waals surface area contributed by atoms with Crippen LogP contribution in [-0.2, 0) is 16.1 Å². The molecule has 0 radical (unpaired) electrons. The van der Waals surface area contributed by atoms with Gasteiger partial charge in [0.25, 0.3) is 0 Å². The topological polar surface area (TPSA) is 100 Å². The Morgan fingerprint density at radius 3 is 2.91 bits per heavy atom. The lowest BCUT2D eigenvalue weighted by Gasteiger charge is -2.14. The molecular formula is C16H16N4O3. The van der Waals surface area contributed by atoms with Crippen molar-refractivity contribution in [3.63, 3.8) is 0 Å². The molecule has 7 heteroatoms. The van der Waals surface area contributed by atoms with E-state index in [0.29, 0.717) is 0 Å². The van der Waals surface area contributed by atoms with Gasteiger partial charge in [-0.1, -0.05) is 24.3 Å². The van der Waals surface area contributed by atoms with E-state index in [1.165, 1.54) is 0 Å². The second-order valence-corrected chi connectivity index (χ2v) is 5.33. The number of carbonyl (C=O) groups excluding carboxylic acids is 3. The third kappa shape index (κ3) is 3.63. The lowest BCUT2D eigenvalue weighted by atomic mass is 10.1. The van der Waals surface area contributed by atoms with Gasteiger partial charge in [-0.2, -0.15) is 0 Å². The number of hydrogen-bond acceptors (Lipinski definition) is 4. The summed E-state index contributed by atoms with van der Waals surface area (Å²) in [6, 6.07) is 10.1. The number of hydrogen-bond donors (Lipinski definition) is 3. The zero-order valence-corrected chi connectivity index (χ0v) is 12.3. The van der Waals surface area contributed by atoms with E-state index >= 15 is 0 Å². The quantitative estimate of drug-likeness (QED) is 0.782. The van der Waals surface area contributed by atoms with Crippen molar-refractivity contribution in [2.45, 2.75) is 25.4 Å². The zero-order valence-electron chi connectivity index (χ0n) is 12.3. The van der Waals surface area contributed by atoms with Gasteiger partial charge in [-0.15, -0.1) is 0 Å². The van der Waals surface area contributed by atoms with Gasteiger partial charge in [-0.3, -0.25) is 19.9 Å². The SMILES string of the molecule is O=C1CC[C@H](C(=O)NCc2ccc3ccccc3n2)NC(=O)N1. The second kappa shape index (κ2) is 6.43. The maximum Gasteiger partial charge on any atom is 0.322 e. The van der Waals surface area contributed by atoms with Gasteiger partial charge in [0.15, 0.2) is 0 Å². The van der Waals surface area contributed by atoms with E-state index in [-0.39, 0.29) is 31.2 Å². The Bertz CT molecular complexity index is 775. The number of fused-ring (bicyclic) bond motifs is 1. The Hall–Kier alpha value is -2.96. The van der Waals surface area contributed by atoms with E-state index in [4.69, 9.17) is 0 Å². The number of imide groups is 1. The smallest absolute Gasteiger partial charge is 0.322 e. The van der Waals surface area contributed by atoms with Crippen molar-refractivity contribution in [1.29, 1.82) is 0 Å². The predicted molar refractivity (Wildman–Crippen MR) is 83.3 cm³/mol. The number of nitrogens with zero attached hydrogens (tertiary/aromatic N) is 1. The Labute approximate surface area is 132 Å². The van der Waals surface area contributed by atoms with E-state index in [1.807, 2.05) is 36.4 Å². The van der Waals surface area contributed by atoms with Crippen molar-refractivity contribution >= 4 is 28.7 Å². The number of nitrogens with one attached hydrogen (secondary N) is 3. The molecule has 1 aliphatic rings. The van der Waals surface area contributed by atoms with Crippen molar-refractivity contribution in [3.05, 3.63) is 42.1 Å². The second-order valence-electron chi connectivity index (χ2n) is 5.33. The average Bonchev–Trinajstić information content (AvgIpc) is 2.72. The summed E-state index contributed by atoms with van der Waals surface area (Å²) in [6.07, 6.45) is 0.402. The fourth-order valence-electron chi connectivity index (χ4n) is 2.44. The summed E-state index contributed by atoms with van der Waals surface area (Å²) in [5, 5.41) is 8.38. The Balaban J connectivity index is 1.63. The summed E-state index contributed by atoms with van der Waals surface area (Å²) in [7, 11) is 0. The fourth-order valence-corrected chi connectivity index (χ4v) is 2.44. The molecule has 1 aliphatic heterocycles. The van der Waals surface area contributed by atoms with Crippen LogP contribution in [0.2, 0.25) is 0 Å². The van der Waals surface area contributed by atoms with E-state index in [9.17, 15) is 14.4 Å². The summed E-state index contributed by atoms with van der Waals surface area (Å²) in [5.41, 5.74) is 1.59. The Morgan fingerprint density at radius 2 is 2.04 bits per heavy atom. The molecule has 3 rings (SSSR count). The lowest BCUT2D eigenvalue weighted by Crippen LogP contribution is -2.48. The van der Waals surface area contributed by atoms with Gasteiger partial charge in [0.1, 0.15) is 6.04 Å². The molecule has 7 nitrogen and oxygen atoms in total. The summed E-state index contributed by atoms with van der Waals surface area (Å²) in [6.45, 7) is 0.261. The number of benzene rings is 1. The molecule has 1 aromatic heterocycles. The maximum atomic E-state index is 12.1. The largest absolute Gasteiger partial charge is 0.349 e. The molecule has 1 aromatic carbocycles. The Kier molecular flexibility index (Phi) is 4.18. The Morgan fingerprint density at radius 1 is 1.22 bits per heavy atom. The molecule has 23 heavy (non-hydrogen) atoms. The molecular weight excluding hydrogens is 296 g/mol. The van der Waals surface area contributed by atoms with Crippen LogP contribution in [-0.4, -0.2) is 28.9 Å². The number of aromatic nitrogens is 1. The van der Waals surface area contributed by atoms with Gasteiger partial charge in [-0.05, 0) is 18.6 Å². The normalized spacial score (nSPS) is 18.0. The van der Waals surface area contributed by atoms with E-state index in [1.54, 1.807) is 0 Å². The maximum absolute atomic E-state index is 12.1. The van der Waals surface area contributed by atoms with Crippen LogP contribution in [0.3, 0.4) is 0 Å². The number of pyridine rings is 1. The first-order valence-corrected chi connectivity index (χ1v) is 7.34.